The van der Waals surface area contributed by atoms with Gasteiger partial charge in [0.05, 0.1) is 12.0 Å². The monoisotopic (exact) mass is 354 g/mol. The summed E-state index contributed by atoms with van der Waals surface area (Å²) < 4.78 is 0. The lowest BCUT2D eigenvalue weighted by molar-refractivity contribution is -0.143. The molecule has 1 aliphatic rings. The van der Waals surface area contributed by atoms with Crippen molar-refractivity contribution in [1.82, 2.24) is 4.90 Å². The summed E-state index contributed by atoms with van der Waals surface area (Å²) in [6, 6.07) is 7.60. The fourth-order valence-electron chi connectivity index (χ4n) is 3.05. The number of halogens is 1. The molecule has 0 radical (unpaired) electrons. The number of anilines is 1. The molecule has 0 aromatic heterocycles. The van der Waals surface area contributed by atoms with Crippen LogP contribution in [0.4, 0.5) is 5.69 Å². The van der Waals surface area contributed by atoms with E-state index in [0.29, 0.717) is 31.8 Å². The topological polar surface area (TPSA) is 69.6 Å². The third kappa shape index (κ3) is 4.95. The van der Waals surface area contributed by atoms with E-state index in [1.54, 1.807) is 0 Å². The predicted molar refractivity (Wildman–Crippen MR) is 97.8 cm³/mol. The van der Waals surface area contributed by atoms with E-state index < -0.39 is 5.97 Å². The molecule has 1 amide bonds. The van der Waals surface area contributed by atoms with Gasteiger partial charge in [-0.3, -0.25) is 14.5 Å². The Bertz CT molecular complexity index is 569. The number of rotatable bonds is 5. The third-order valence-electron chi connectivity index (χ3n) is 4.65. The maximum absolute atomic E-state index is 12.5. The van der Waals surface area contributed by atoms with Gasteiger partial charge in [0.15, 0.2) is 0 Å². The standard InChI is InChI=1S/C18H26N2O3.ClH/c1-12(2)15-6-4-5-7-16(15)19-17(21)13(3)20-10-8-14(9-11-20)18(22)23;/h4-7,12-14H,8-11H2,1-3H3,(H,19,21)(H,22,23);1H. The van der Waals surface area contributed by atoms with E-state index in [4.69, 9.17) is 5.11 Å². The number of nitrogens with zero attached hydrogens (tertiary/aromatic N) is 1. The van der Waals surface area contributed by atoms with Crippen LogP contribution in [-0.2, 0) is 9.59 Å². The van der Waals surface area contributed by atoms with Crippen LogP contribution < -0.4 is 5.32 Å². The van der Waals surface area contributed by atoms with Crippen LogP contribution in [0.1, 0.15) is 45.1 Å². The van der Waals surface area contributed by atoms with Gasteiger partial charge >= 0.3 is 5.97 Å². The summed E-state index contributed by atoms with van der Waals surface area (Å²) in [5.74, 6) is -0.698. The van der Waals surface area contributed by atoms with E-state index in [0.717, 1.165) is 11.3 Å². The molecule has 0 bridgehead atoms. The molecule has 1 fully saturated rings. The van der Waals surface area contributed by atoms with Gasteiger partial charge in [-0.1, -0.05) is 32.0 Å². The van der Waals surface area contributed by atoms with E-state index in [2.05, 4.69) is 24.1 Å². The van der Waals surface area contributed by atoms with E-state index in [1.165, 1.54) is 0 Å². The summed E-state index contributed by atoms with van der Waals surface area (Å²) in [6.07, 6.45) is 1.21. The minimum absolute atomic E-state index is 0. The molecule has 1 heterocycles. The van der Waals surface area contributed by atoms with Crippen molar-refractivity contribution in [2.45, 2.75) is 45.6 Å². The zero-order valence-electron chi connectivity index (χ0n) is 14.5. The Balaban J connectivity index is 0.00000288. The number of aliphatic carboxylic acids is 1. The van der Waals surface area contributed by atoms with Gasteiger partial charge in [0, 0.05) is 5.69 Å². The molecule has 1 aromatic rings. The Morgan fingerprint density at radius 3 is 2.29 bits per heavy atom. The molecular weight excluding hydrogens is 328 g/mol. The predicted octanol–water partition coefficient (Wildman–Crippen LogP) is 3.36. The minimum atomic E-state index is -0.729. The number of para-hydroxylation sites is 1. The molecule has 0 aliphatic carbocycles. The largest absolute Gasteiger partial charge is 0.481 e. The Labute approximate surface area is 149 Å². The van der Waals surface area contributed by atoms with E-state index in [1.807, 2.05) is 31.2 Å². The lowest BCUT2D eigenvalue weighted by Crippen LogP contribution is -2.47. The second-order valence-electron chi connectivity index (χ2n) is 6.56. The van der Waals surface area contributed by atoms with Gasteiger partial charge in [-0.2, -0.15) is 0 Å². The van der Waals surface area contributed by atoms with Crippen molar-refractivity contribution in [3.63, 3.8) is 0 Å². The number of hydrogen-bond acceptors (Lipinski definition) is 3. The van der Waals surface area contributed by atoms with Crippen LogP contribution in [0.15, 0.2) is 24.3 Å². The lowest BCUT2D eigenvalue weighted by atomic mass is 9.96. The molecule has 2 N–H and O–H groups in total. The third-order valence-corrected chi connectivity index (χ3v) is 4.65. The molecule has 5 nitrogen and oxygen atoms in total. The molecule has 0 spiro atoms. The fraction of sp³-hybridized carbons (Fsp3) is 0.556. The van der Waals surface area contributed by atoms with Crippen molar-refractivity contribution in [3.8, 4) is 0 Å². The summed E-state index contributed by atoms with van der Waals surface area (Å²) in [5, 5.41) is 12.1. The Kier molecular flexibility index (Phi) is 7.70. The quantitative estimate of drug-likeness (QED) is 0.850. The molecule has 1 aromatic carbocycles. The first-order chi connectivity index (χ1) is 10.9. The van der Waals surface area contributed by atoms with Crippen LogP contribution in [0, 0.1) is 5.92 Å². The first-order valence-corrected chi connectivity index (χ1v) is 8.26. The number of carbonyl (C=O) groups excluding carboxylic acids is 1. The van der Waals surface area contributed by atoms with Crippen molar-refractivity contribution in [1.29, 1.82) is 0 Å². The number of carboxylic acids is 1. The van der Waals surface area contributed by atoms with Crippen LogP contribution in [0.5, 0.6) is 0 Å². The summed E-state index contributed by atoms with van der Waals surface area (Å²) in [5.41, 5.74) is 1.98. The minimum Gasteiger partial charge on any atom is -0.481 e. The van der Waals surface area contributed by atoms with Gasteiger partial charge in [-0.25, -0.2) is 0 Å². The number of amides is 1. The van der Waals surface area contributed by atoms with Gasteiger partial charge in [-0.15, -0.1) is 12.4 Å². The normalized spacial score (nSPS) is 17.2. The van der Waals surface area contributed by atoms with Crippen molar-refractivity contribution in [2.75, 3.05) is 18.4 Å². The highest BCUT2D eigenvalue weighted by Crippen LogP contribution is 2.25. The smallest absolute Gasteiger partial charge is 0.306 e. The summed E-state index contributed by atoms with van der Waals surface area (Å²) >= 11 is 0. The highest BCUT2D eigenvalue weighted by Gasteiger charge is 2.29. The molecule has 24 heavy (non-hydrogen) atoms. The van der Waals surface area contributed by atoms with E-state index >= 15 is 0 Å². The van der Waals surface area contributed by atoms with Crippen molar-refractivity contribution < 1.29 is 14.7 Å². The number of carboxylic acid groups (broad SMARTS) is 1. The average Bonchev–Trinajstić information content (AvgIpc) is 2.54. The Hall–Kier alpha value is -1.59. The SMILES string of the molecule is CC(C)c1ccccc1NC(=O)C(C)N1CCC(C(=O)O)CC1.Cl. The first kappa shape index (κ1) is 20.5. The second kappa shape index (κ2) is 9.04. The van der Waals surface area contributed by atoms with E-state index in [-0.39, 0.29) is 30.3 Å². The first-order valence-electron chi connectivity index (χ1n) is 8.26. The number of benzene rings is 1. The summed E-state index contributed by atoms with van der Waals surface area (Å²) in [4.78, 5) is 25.6. The molecular formula is C18H27ClN2O3. The van der Waals surface area contributed by atoms with Crippen molar-refractivity contribution >= 4 is 30.0 Å². The fourth-order valence-corrected chi connectivity index (χ4v) is 3.05. The maximum Gasteiger partial charge on any atom is 0.306 e. The van der Waals surface area contributed by atoms with Gasteiger partial charge in [0.1, 0.15) is 0 Å². The van der Waals surface area contributed by atoms with Crippen LogP contribution in [0.2, 0.25) is 0 Å². The Morgan fingerprint density at radius 1 is 1.17 bits per heavy atom. The highest BCUT2D eigenvalue weighted by atomic mass is 35.5. The van der Waals surface area contributed by atoms with Crippen LogP contribution in [-0.4, -0.2) is 41.0 Å². The second-order valence-corrected chi connectivity index (χ2v) is 6.56. The molecule has 0 saturated carbocycles. The number of piperidine rings is 1. The van der Waals surface area contributed by atoms with Gasteiger partial charge in [0.25, 0.3) is 0 Å². The molecule has 1 atom stereocenters. The summed E-state index contributed by atoms with van der Waals surface area (Å²) in [6.45, 7) is 7.39. The van der Waals surface area contributed by atoms with Gasteiger partial charge < -0.3 is 10.4 Å². The van der Waals surface area contributed by atoms with Crippen molar-refractivity contribution in [2.24, 2.45) is 5.92 Å². The molecule has 1 unspecified atom stereocenters. The molecule has 134 valence electrons. The highest BCUT2D eigenvalue weighted by molar-refractivity contribution is 5.95. The van der Waals surface area contributed by atoms with Gasteiger partial charge in [0.2, 0.25) is 5.91 Å². The zero-order valence-corrected chi connectivity index (χ0v) is 15.3. The zero-order chi connectivity index (χ0) is 17.0. The summed E-state index contributed by atoms with van der Waals surface area (Å²) in [7, 11) is 0. The van der Waals surface area contributed by atoms with Crippen molar-refractivity contribution in [3.05, 3.63) is 29.8 Å². The Morgan fingerprint density at radius 2 is 1.75 bits per heavy atom. The average molecular weight is 355 g/mol. The number of likely N-dealkylation sites (tertiary alicyclic amines) is 1. The number of carbonyl (C=O) groups is 2. The maximum atomic E-state index is 12.5. The van der Waals surface area contributed by atoms with Crippen LogP contribution in [0.25, 0.3) is 0 Å². The number of hydrogen-bond donors (Lipinski definition) is 2. The van der Waals surface area contributed by atoms with Gasteiger partial charge in [-0.05, 0) is 50.4 Å². The van der Waals surface area contributed by atoms with Crippen LogP contribution in [0.3, 0.4) is 0 Å². The molecule has 1 aliphatic heterocycles. The molecule has 2 rings (SSSR count). The molecule has 1 saturated heterocycles. The van der Waals surface area contributed by atoms with E-state index in [9.17, 15) is 9.59 Å². The van der Waals surface area contributed by atoms with Crippen LogP contribution >= 0.6 is 12.4 Å². The molecule has 6 heteroatoms. The lowest BCUT2D eigenvalue weighted by Gasteiger charge is -2.34. The number of nitrogens with one attached hydrogen (secondary N) is 1.